The fraction of sp³-hybridized carbons (Fsp3) is 0.400. The number of fused-ring (bicyclic) bond motifs is 1. The molecule has 0 spiro atoms. The standard InChI is InChI=1S/C15H16BrNO2S/c1-3-9-13(18)10-6-7-11(16)14(19-2)12(10)17(15(9)20)8-4-5-8/h6-8,20H,3-5H2,1-2H3. The lowest BCUT2D eigenvalue weighted by atomic mass is 10.1. The van der Waals surface area contributed by atoms with Gasteiger partial charge < -0.3 is 9.30 Å². The van der Waals surface area contributed by atoms with Crippen molar-refractivity contribution in [3.05, 3.63) is 32.4 Å². The van der Waals surface area contributed by atoms with Crippen LogP contribution in [0.1, 0.15) is 31.4 Å². The lowest BCUT2D eigenvalue weighted by Gasteiger charge is -2.19. The Kier molecular flexibility index (Phi) is 3.58. The molecule has 0 radical (unpaired) electrons. The van der Waals surface area contributed by atoms with Crippen molar-refractivity contribution in [3.8, 4) is 5.75 Å². The van der Waals surface area contributed by atoms with Crippen LogP contribution in [0.15, 0.2) is 26.4 Å². The number of rotatable bonds is 3. The van der Waals surface area contributed by atoms with Crippen LogP contribution >= 0.6 is 28.6 Å². The highest BCUT2D eigenvalue weighted by Gasteiger charge is 2.29. The van der Waals surface area contributed by atoms with Crippen LogP contribution in [0.3, 0.4) is 0 Å². The molecule has 3 rings (SSSR count). The number of hydrogen-bond donors (Lipinski definition) is 1. The molecule has 5 heteroatoms. The van der Waals surface area contributed by atoms with E-state index in [4.69, 9.17) is 4.74 Å². The predicted molar refractivity (Wildman–Crippen MR) is 87.4 cm³/mol. The minimum atomic E-state index is 0.0650. The second-order valence-electron chi connectivity index (χ2n) is 5.06. The maximum Gasteiger partial charge on any atom is 0.193 e. The topological polar surface area (TPSA) is 31.2 Å². The Morgan fingerprint density at radius 2 is 2.15 bits per heavy atom. The Morgan fingerprint density at radius 3 is 2.70 bits per heavy atom. The number of benzene rings is 1. The number of pyridine rings is 1. The molecular weight excluding hydrogens is 338 g/mol. The highest BCUT2D eigenvalue weighted by atomic mass is 79.9. The molecule has 0 unspecified atom stereocenters. The number of ether oxygens (including phenoxy) is 1. The van der Waals surface area contributed by atoms with Gasteiger partial charge in [0.25, 0.3) is 0 Å². The van der Waals surface area contributed by atoms with Crippen molar-refractivity contribution in [2.24, 2.45) is 0 Å². The number of thiol groups is 1. The van der Waals surface area contributed by atoms with Crippen molar-refractivity contribution in [2.75, 3.05) is 7.11 Å². The molecule has 1 aliphatic rings. The first kappa shape index (κ1) is 14.0. The highest BCUT2D eigenvalue weighted by Crippen LogP contribution is 2.43. The zero-order valence-electron chi connectivity index (χ0n) is 11.4. The van der Waals surface area contributed by atoms with E-state index in [1.54, 1.807) is 7.11 Å². The summed E-state index contributed by atoms with van der Waals surface area (Å²) in [5.41, 5.74) is 1.71. The summed E-state index contributed by atoms with van der Waals surface area (Å²) in [6.45, 7) is 2.00. The van der Waals surface area contributed by atoms with Gasteiger partial charge in [0, 0.05) is 17.0 Å². The number of nitrogens with zero attached hydrogens (tertiary/aromatic N) is 1. The van der Waals surface area contributed by atoms with Gasteiger partial charge in [0.15, 0.2) is 11.2 Å². The van der Waals surface area contributed by atoms with Crippen molar-refractivity contribution in [1.29, 1.82) is 0 Å². The maximum absolute atomic E-state index is 12.6. The summed E-state index contributed by atoms with van der Waals surface area (Å²) in [5.74, 6) is 0.712. The van der Waals surface area contributed by atoms with Gasteiger partial charge in [0.1, 0.15) is 0 Å². The summed E-state index contributed by atoms with van der Waals surface area (Å²) >= 11 is 8.13. The summed E-state index contributed by atoms with van der Waals surface area (Å²) < 4.78 is 8.55. The normalized spacial score (nSPS) is 14.8. The van der Waals surface area contributed by atoms with Crippen LogP contribution in [0, 0.1) is 0 Å². The molecule has 106 valence electrons. The number of methoxy groups -OCH3 is 1. The van der Waals surface area contributed by atoms with Gasteiger partial charge in [-0.2, -0.15) is 0 Å². The monoisotopic (exact) mass is 353 g/mol. The predicted octanol–water partition coefficient (Wildman–Crippen LogP) is 3.96. The van der Waals surface area contributed by atoms with Gasteiger partial charge in [-0.15, -0.1) is 12.6 Å². The SMILES string of the molecule is CCc1c(S)n(C2CC2)c2c(OC)c(Br)ccc2c1=O. The second-order valence-corrected chi connectivity index (χ2v) is 6.34. The van der Waals surface area contributed by atoms with Gasteiger partial charge in [-0.1, -0.05) is 6.92 Å². The molecule has 0 N–H and O–H groups in total. The van der Waals surface area contributed by atoms with E-state index in [0.717, 1.165) is 33.4 Å². The zero-order valence-corrected chi connectivity index (χ0v) is 13.9. The van der Waals surface area contributed by atoms with Crippen molar-refractivity contribution in [3.63, 3.8) is 0 Å². The van der Waals surface area contributed by atoms with Crippen molar-refractivity contribution >= 4 is 39.5 Å². The number of aromatic nitrogens is 1. The average molecular weight is 354 g/mol. The van der Waals surface area contributed by atoms with Crippen molar-refractivity contribution < 1.29 is 4.74 Å². The van der Waals surface area contributed by atoms with Crippen LogP contribution in [-0.2, 0) is 6.42 Å². The minimum Gasteiger partial charge on any atom is -0.493 e. The molecular formula is C15H16BrNO2S. The Balaban J connectivity index is 2.53. The van der Waals surface area contributed by atoms with Crippen molar-refractivity contribution in [2.45, 2.75) is 37.3 Å². The Labute approximate surface area is 131 Å². The van der Waals surface area contributed by atoms with E-state index in [1.807, 2.05) is 19.1 Å². The van der Waals surface area contributed by atoms with Crippen molar-refractivity contribution in [1.82, 2.24) is 4.57 Å². The lowest BCUT2D eigenvalue weighted by Crippen LogP contribution is -2.17. The Morgan fingerprint density at radius 1 is 1.45 bits per heavy atom. The van der Waals surface area contributed by atoms with E-state index >= 15 is 0 Å². The molecule has 0 bridgehead atoms. The molecule has 1 aromatic carbocycles. The fourth-order valence-corrected chi connectivity index (χ4v) is 3.69. The maximum atomic E-state index is 12.6. The van der Waals surface area contributed by atoms with E-state index in [2.05, 4.69) is 33.1 Å². The van der Waals surface area contributed by atoms with E-state index in [0.29, 0.717) is 23.6 Å². The number of hydrogen-bond acceptors (Lipinski definition) is 3. The first-order chi connectivity index (χ1) is 9.60. The first-order valence-corrected chi connectivity index (χ1v) is 7.96. The lowest BCUT2D eigenvalue weighted by molar-refractivity contribution is 0.413. The molecule has 1 fully saturated rings. The van der Waals surface area contributed by atoms with Gasteiger partial charge in [0.2, 0.25) is 0 Å². The van der Waals surface area contributed by atoms with Crippen LogP contribution in [0.5, 0.6) is 5.75 Å². The fourth-order valence-electron chi connectivity index (χ4n) is 2.69. The molecule has 0 atom stereocenters. The van der Waals surface area contributed by atoms with Gasteiger partial charge in [-0.05, 0) is 47.3 Å². The average Bonchev–Trinajstić information content (AvgIpc) is 3.24. The Hall–Kier alpha value is -0.940. The molecule has 20 heavy (non-hydrogen) atoms. The molecule has 0 saturated heterocycles. The molecule has 1 heterocycles. The smallest absolute Gasteiger partial charge is 0.193 e. The largest absolute Gasteiger partial charge is 0.493 e. The van der Waals surface area contributed by atoms with Crippen LogP contribution in [0.4, 0.5) is 0 Å². The Bertz CT molecular complexity index is 750. The third-order valence-electron chi connectivity index (χ3n) is 3.81. The summed E-state index contributed by atoms with van der Waals surface area (Å²) in [6, 6.07) is 4.17. The molecule has 3 nitrogen and oxygen atoms in total. The third-order valence-corrected chi connectivity index (χ3v) is 4.92. The first-order valence-electron chi connectivity index (χ1n) is 6.72. The number of halogens is 1. The van der Waals surface area contributed by atoms with Gasteiger partial charge in [-0.3, -0.25) is 4.79 Å². The zero-order chi connectivity index (χ0) is 14.4. The van der Waals surface area contributed by atoms with Crippen LogP contribution in [-0.4, -0.2) is 11.7 Å². The molecule has 1 aliphatic carbocycles. The minimum absolute atomic E-state index is 0.0650. The highest BCUT2D eigenvalue weighted by molar-refractivity contribution is 9.10. The third kappa shape index (κ3) is 1.99. The van der Waals surface area contributed by atoms with Crippen LogP contribution in [0.2, 0.25) is 0 Å². The van der Waals surface area contributed by atoms with Crippen LogP contribution < -0.4 is 10.2 Å². The quantitative estimate of drug-likeness (QED) is 0.846. The summed E-state index contributed by atoms with van der Waals surface area (Å²) in [4.78, 5) is 12.6. The summed E-state index contributed by atoms with van der Waals surface area (Å²) in [5, 5.41) is 1.50. The van der Waals surface area contributed by atoms with Gasteiger partial charge in [0.05, 0.1) is 22.1 Å². The van der Waals surface area contributed by atoms with Gasteiger partial charge >= 0.3 is 0 Å². The van der Waals surface area contributed by atoms with E-state index in [1.165, 1.54) is 0 Å². The summed E-state index contributed by atoms with van der Waals surface area (Å²) in [7, 11) is 1.63. The van der Waals surface area contributed by atoms with Crippen LogP contribution in [0.25, 0.3) is 10.9 Å². The molecule has 0 amide bonds. The molecule has 2 aromatic rings. The van der Waals surface area contributed by atoms with Gasteiger partial charge in [-0.25, -0.2) is 0 Å². The van der Waals surface area contributed by atoms with E-state index in [-0.39, 0.29) is 5.43 Å². The summed E-state index contributed by atoms with van der Waals surface area (Å²) in [6.07, 6.45) is 2.95. The van der Waals surface area contributed by atoms with E-state index in [9.17, 15) is 4.79 Å². The molecule has 0 aliphatic heterocycles. The molecule has 1 aromatic heterocycles. The molecule has 1 saturated carbocycles. The van der Waals surface area contributed by atoms with E-state index < -0.39 is 0 Å². The second kappa shape index (κ2) is 5.11.